The first-order valence-corrected chi connectivity index (χ1v) is 9.01. The predicted octanol–water partition coefficient (Wildman–Crippen LogP) is 2.44. The van der Waals surface area contributed by atoms with E-state index in [-0.39, 0.29) is 16.6 Å². The lowest BCUT2D eigenvalue weighted by Gasteiger charge is -2.32. The molecule has 0 spiro atoms. The highest BCUT2D eigenvalue weighted by molar-refractivity contribution is 6.34. The molecule has 1 saturated heterocycles. The van der Waals surface area contributed by atoms with E-state index in [0.29, 0.717) is 18.7 Å². The molecule has 1 aliphatic heterocycles. The van der Waals surface area contributed by atoms with Crippen LogP contribution in [0, 0.1) is 10.1 Å². The van der Waals surface area contributed by atoms with Crippen LogP contribution in [0.5, 0.6) is 0 Å². The molecule has 8 heteroatoms. The van der Waals surface area contributed by atoms with Gasteiger partial charge in [-0.3, -0.25) is 14.9 Å². The largest absolute Gasteiger partial charge is 0.328 e. The van der Waals surface area contributed by atoms with Crippen LogP contribution in [0.4, 0.5) is 5.69 Å². The van der Waals surface area contributed by atoms with E-state index in [4.69, 9.17) is 23.2 Å². The van der Waals surface area contributed by atoms with Crippen molar-refractivity contribution in [2.75, 3.05) is 26.2 Å². The molecule has 1 fully saturated rings. The minimum absolute atomic E-state index is 0.109. The summed E-state index contributed by atoms with van der Waals surface area (Å²) in [5, 5.41) is 11.6. The molecular weight excluding hydrogens is 377 g/mol. The van der Waals surface area contributed by atoms with Crippen LogP contribution in [-0.2, 0) is 6.54 Å². The summed E-state index contributed by atoms with van der Waals surface area (Å²) in [6.45, 7) is 3.73. The van der Waals surface area contributed by atoms with E-state index in [1.165, 1.54) is 28.7 Å². The molecule has 26 heavy (non-hydrogen) atoms. The van der Waals surface area contributed by atoms with Gasteiger partial charge in [0.2, 0.25) is 0 Å². The molecule has 0 radical (unpaired) electrons. The monoisotopic (exact) mass is 394 g/mol. The Balaban J connectivity index is 1.61. The number of halogens is 2. The van der Waals surface area contributed by atoms with Crippen LogP contribution in [0.3, 0.4) is 0 Å². The van der Waals surface area contributed by atoms with Crippen molar-refractivity contribution < 1.29 is 14.6 Å². The first-order valence-electron chi connectivity index (χ1n) is 8.25. The number of benzene rings is 2. The second kappa shape index (κ2) is 8.03. The van der Waals surface area contributed by atoms with Gasteiger partial charge in [0.15, 0.2) is 0 Å². The van der Waals surface area contributed by atoms with Crippen molar-refractivity contribution in [3.05, 3.63) is 73.8 Å². The third-order valence-corrected chi connectivity index (χ3v) is 5.04. The summed E-state index contributed by atoms with van der Waals surface area (Å²) in [7, 11) is 0. The second-order valence-corrected chi connectivity index (χ2v) is 7.11. The van der Waals surface area contributed by atoms with E-state index in [1.807, 2.05) is 24.3 Å². The quantitative estimate of drug-likeness (QED) is 0.639. The maximum absolute atomic E-state index is 12.7. The van der Waals surface area contributed by atoms with Crippen molar-refractivity contribution in [3.63, 3.8) is 0 Å². The molecule has 0 bridgehead atoms. The normalized spacial score (nSPS) is 15.1. The van der Waals surface area contributed by atoms with Gasteiger partial charge in [0.1, 0.15) is 6.54 Å². The maximum Gasteiger partial charge on any atom is 0.270 e. The summed E-state index contributed by atoms with van der Waals surface area (Å²) in [6.07, 6.45) is 0. The van der Waals surface area contributed by atoms with Crippen LogP contribution in [0.2, 0.25) is 10.0 Å². The number of nitrogens with one attached hydrogen (secondary N) is 1. The van der Waals surface area contributed by atoms with Gasteiger partial charge in [-0.1, -0.05) is 35.3 Å². The van der Waals surface area contributed by atoms with Crippen LogP contribution in [0.25, 0.3) is 0 Å². The molecule has 1 aliphatic rings. The van der Waals surface area contributed by atoms with E-state index < -0.39 is 4.92 Å². The van der Waals surface area contributed by atoms with Gasteiger partial charge < -0.3 is 9.80 Å². The number of nitrogens with zero attached hydrogens (tertiary/aromatic N) is 2. The SMILES string of the molecule is O=C(c1ccc([N+](=O)[O-])cc1Cl)N1CC[NH+](Cc2cccc(Cl)c2)CC1. The van der Waals surface area contributed by atoms with Gasteiger partial charge in [0, 0.05) is 22.7 Å². The minimum atomic E-state index is -0.530. The third kappa shape index (κ3) is 4.33. The highest BCUT2D eigenvalue weighted by atomic mass is 35.5. The first kappa shape index (κ1) is 18.6. The number of non-ortho nitro benzene ring substituents is 1. The zero-order chi connectivity index (χ0) is 18.7. The topological polar surface area (TPSA) is 67.9 Å². The summed E-state index contributed by atoms with van der Waals surface area (Å²) >= 11 is 12.1. The number of carbonyl (C=O) groups is 1. The minimum Gasteiger partial charge on any atom is -0.328 e. The van der Waals surface area contributed by atoms with Crippen molar-refractivity contribution >= 4 is 34.8 Å². The fraction of sp³-hybridized carbons (Fsp3) is 0.278. The Hall–Kier alpha value is -2.15. The summed E-state index contributed by atoms with van der Waals surface area (Å²) in [5.74, 6) is -0.188. The van der Waals surface area contributed by atoms with Crippen LogP contribution < -0.4 is 4.90 Å². The Morgan fingerprint density at radius 1 is 1.15 bits per heavy atom. The number of amides is 1. The highest BCUT2D eigenvalue weighted by Crippen LogP contribution is 2.23. The average molecular weight is 395 g/mol. The third-order valence-electron chi connectivity index (χ3n) is 4.49. The van der Waals surface area contributed by atoms with Crippen molar-refractivity contribution in [2.45, 2.75) is 6.54 Å². The summed E-state index contributed by atoms with van der Waals surface area (Å²) < 4.78 is 0. The molecule has 1 heterocycles. The maximum atomic E-state index is 12.7. The van der Waals surface area contributed by atoms with Crippen molar-refractivity contribution in [1.82, 2.24) is 4.90 Å². The van der Waals surface area contributed by atoms with Gasteiger partial charge in [-0.15, -0.1) is 0 Å². The molecule has 136 valence electrons. The van der Waals surface area contributed by atoms with Gasteiger partial charge in [-0.25, -0.2) is 0 Å². The number of nitro benzene ring substituents is 1. The van der Waals surface area contributed by atoms with Crippen LogP contribution in [-0.4, -0.2) is 41.9 Å². The van der Waals surface area contributed by atoms with E-state index in [1.54, 1.807) is 4.90 Å². The lowest BCUT2D eigenvalue weighted by molar-refractivity contribution is -0.917. The van der Waals surface area contributed by atoms with Crippen molar-refractivity contribution in [1.29, 1.82) is 0 Å². The Morgan fingerprint density at radius 2 is 1.88 bits per heavy atom. The van der Waals surface area contributed by atoms with Crippen LogP contribution in [0.15, 0.2) is 42.5 Å². The molecule has 0 unspecified atom stereocenters. The Labute approximate surface area is 161 Å². The average Bonchev–Trinajstić information content (AvgIpc) is 2.61. The van der Waals surface area contributed by atoms with E-state index in [0.717, 1.165) is 24.7 Å². The number of rotatable bonds is 4. The first-order chi connectivity index (χ1) is 12.4. The predicted molar refractivity (Wildman–Crippen MR) is 99.9 cm³/mol. The number of nitro groups is 1. The molecule has 0 aliphatic carbocycles. The summed E-state index contributed by atoms with van der Waals surface area (Å²) in [6, 6.07) is 11.7. The zero-order valence-corrected chi connectivity index (χ0v) is 15.5. The van der Waals surface area contributed by atoms with Gasteiger partial charge in [-0.2, -0.15) is 0 Å². The fourth-order valence-corrected chi connectivity index (χ4v) is 3.57. The molecule has 3 rings (SSSR count). The Morgan fingerprint density at radius 3 is 2.50 bits per heavy atom. The van der Waals surface area contributed by atoms with Gasteiger partial charge in [0.05, 0.1) is 41.7 Å². The van der Waals surface area contributed by atoms with Gasteiger partial charge in [-0.05, 0) is 18.2 Å². The standard InChI is InChI=1S/C18H17Cl2N3O3/c19-14-3-1-2-13(10-14)12-21-6-8-22(9-7-21)18(24)16-5-4-15(23(25)26)11-17(16)20/h1-5,10-11H,6-9,12H2/p+1. The molecule has 2 aromatic rings. The van der Waals surface area contributed by atoms with E-state index in [2.05, 4.69) is 0 Å². The van der Waals surface area contributed by atoms with E-state index in [9.17, 15) is 14.9 Å². The lowest BCUT2D eigenvalue weighted by Crippen LogP contribution is -3.13. The Kier molecular flexibility index (Phi) is 5.76. The number of hydrogen-bond acceptors (Lipinski definition) is 3. The molecule has 0 aromatic heterocycles. The molecule has 6 nitrogen and oxygen atoms in total. The zero-order valence-electron chi connectivity index (χ0n) is 14.0. The summed E-state index contributed by atoms with van der Waals surface area (Å²) in [4.78, 5) is 26.0. The molecule has 2 aromatic carbocycles. The molecule has 0 atom stereocenters. The van der Waals surface area contributed by atoms with Crippen LogP contribution in [0.1, 0.15) is 15.9 Å². The second-order valence-electron chi connectivity index (χ2n) is 6.27. The number of piperazine rings is 1. The van der Waals surface area contributed by atoms with Crippen LogP contribution >= 0.6 is 23.2 Å². The fourth-order valence-electron chi connectivity index (χ4n) is 3.10. The van der Waals surface area contributed by atoms with Crippen molar-refractivity contribution in [2.24, 2.45) is 0 Å². The number of hydrogen-bond donors (Lipinski definition) is 1. The van der Waals surface area contributed by atoms with Crippen molar-refractivity contribution in [3.8, 4) is 0 Å². The summed E-state index contributed by atoms with van der Waals surface area (Å²) in [5.41, 5.74) is 1.35. The molecular formula is C18H18Cl2N3O3+. The highest BCUT2D eigenvalue weighted by Gasteiger charge is 2.26. The molecule has 0 saturated carbocycles. The Bertz CT molecular complexity index is 836. The van der Waals surface area contributed by atoms with Gasteiger partial charge in [0.25, 0.3) is 11.6 Å². The molecule has 1 amide bonds. The smallest absolute Gasteiger partial charge is 0.270 e. The number of quaternary nitrogens is 1. The lowest BCUT2D eigenvalue weighted by atomic mass is 10.1. The number of carbonyl (C=O) groups excluding carboxylic acids is 1. The van der Waals surface area contributed by atoms with Gasteiger partial charge >= 0.3 is 0 Å². The van der Waals surface area contributed by atoms with E-state index >= 15 is 0 Å². The molecule has 1 N–H and O–H groups in total.